The van der Waals surface area contributed by atoms with E-state index in [0.717, 1.165) is 44.5 Å². The van der Waals surface area contributed by atoms with Crippen LogP contribution in [0.3, 0.4) is 0 Å². The molecule has 598 valence electrons. The van der Waals surface area contributed by atoms with Crippen molar-refractivity contribution in [1.29, 1.82) is 0 Å². The molecule has 0 bridgehead atoms. The van der Waals surface area contributed by atoms with Crippen LogP contribution in [0.1, 0.15) is 256 Å². The van der Waals surface area contributed by atoms with E-state index in [-0.39, 0.29) is 94.7 Å². The number of nitrogens with two attached hydrogens (primary N) is 1. The van der Waals surface area contributed by atoms with Crippen LogP contribution in [-0.4, -0.2) is 62.2 Å². The van der Waals surface area contributed by atoms with Gasteiger partial charge in [-0.3, -0.25) is 28.8 Å². The van der Waals surface area contributed by atoms with E-state index in [1.54, 1.807) is 173 Å². The summed E-state index contributed by atoms with van der Waals surface area (Å²) in [6.45, 7) is 31.5. The molecule has 0 heterocycles. The Morgan fingerprint density at radius 2 is 0.291 bits per heavy atom. The Balaban J connectivity index is 0.000000460. The maximum atomic E-state index is 12.1. The molecule has 117 heavy (non-hydrogen) atoms. The van der Waals surface area contributed by atoms with Crippen molar-refractivity contribution in [2.24, 2.45) is 5.73 Å². The Labute approximate surface area is 719 Å². The maximum absolute atomic E-state index is 12.1. The molecule has 5 aliphatic rings. The molecule has 18 rings (SSSR count). The van der Waals surface area contributed by atoms with Crippen LogP contribution in [0.15, 0.2) is 291 Å². The van der Waals surface area contributed by atoms with Gasteiger partial charge in [-0.05, 0) is 126 Å². The standard InChI is InChI=1S/2C16H16O2.C16H14.3C14H8O2.5C2H6.CH5N.CH4.2CH3.2Li/c2*1-15(17)11-7-3-5-9-13(11)16(2,18)14-10-6-4-8-12(14)15;1-11-13-7-3-5-9-15(13)12(2)16-10-6-4-8-14(11)16;3*15-13-9-5-1-2-6-10(9)14(16)12-8-4-3-7-11(12)13;6*1-2;;;;;/h2*3-10,17-18H,1-2H3;3-10H,1-2H3;3*1-8H;5*1-2H3;2H2,1H3;1H4;2*1H3;;/q;;;;;;;;;;;;;2*-1;2*+1. The molecule has 6 N–H and O–H groups in total. The van der Waals surface area contributed by atoms with Gasteiger partial charge in [0.15, 0.2) is 34.7 Å². The van der Waals surface area contributed by atoms with Crippen LogP contribution < -0.4 is 43.5 Å². The molecule has 0 spiro atoms. The molecule has 13 aromatic carbocycles. The van der Waals surface area contributed by atoms with Gasteiger partial charge >= 0.3 is 37.7 Å². The summed E-state index contributed by atoms with van der Waals surface area (Å²) in [6.07, 6.45) is 0. The molecule has 0 fully saturated rings. The van der Waals surface area contributed by atoms with E-state index < -0.39 is 22.4 Å². The number of carbonyl (C=O) groups is 6. The van der Waals surface area contributed by atoms with Gasteiger partial charge in [-0.15, -0.1) is 0 Å². The fourth-order valence-electron chi connectivity index (χ4n) is 14.6. The van der Waals surface area contributed by atoms with Crippen molar-refractivity contribution >= 4 is 56.2 Å². The number of hydrogen-bond donors (Lipinski definition) is 5. The van der Waals surface area contributed by atoms with Crippen LogP contribution in [0, 0.1) is 28.7 Å². The number of benzene rings is 13. The quantitative estimate of drug-likeness (QED) is 0.0548. The van der Waals surface area contributed by atoms with E-state index in [9.17, 15) is 49.2 Å². The van der Waals surface area contributed by atoms with E-state index in [1.807, 2.05) is 166 Å². The first-order valence-electron chi connectivity index (χ1n) is 38.6. The zero-order valence-corrected chi connectivity index (χ0v) is 71.5. The molecular formula is C104H115Li2NO10. The molecule has 0 atom stereocenters. The Morgan fingerprint density at radius 1 is 0.205 bits per heavy atom. The number of hydrogen-bond acceptors (Lipinski definition) is 11. The second kappa shape index (κ2) is 46.4. The summed E-state index contributed by atoms with van der Waals surface area (Å²) in [5, 5.41) is 48.7. The summed E-state index contributed by atoms with van der Waals surface area (Å²) in [7, 11) is 1.50. The molecule has 0 saturated heterocycles. The normalized spacial score (nSPS) is 16.4. The van der Waals surface area contributed by atoms with E-state index in [0.29, 0.717) is 66.8 Å². The molecule has 11 nitrogen and oxygen atoms in total. The summed E-state index contributed by atoms with van der Waals surface area (Å²) in [6, 6.07) is 89.1. The van der Waals surface area contributed by atoms with Gasteiger partial charge < -0.3 is 41.0 Å². The van der Waals surface area contributed by atoms with E-state index in [2.05, 4.69) is 68.1 Å². The van der Waals surface area contributed by atoms with Crippen molar-refractivity contribution in [1.82, 2.24) is 0 Å². The van der Waals surface area contributed by atoms with Gasteiger partial charge in [0.25, 0.3) is 0 Å². The first kappa shape index (κ1) is 102. The monoisotopic (exact) mass is 1550 g/mol. The number of aryl methyl sites for hydroxylation is 2. The molecule has 0 amide bonds. The average molecular weight is 1550 g/mol. The first-order valence-corrected chi connectivity index (χ1v) is 38.6. The summed E-state index contributed by atoms with van der Waals surface area (Å²) in [5.74, 6) is -0.384. The van der Waals surface area contributed by atoms with Gasteiger partial charge in [0, 0.05) is 66.8 Å². The third-order valence-electron chi connectivity index (χ3n) is 19.9. The summed E-state index contributed by atoms with van der Waals surface area (Å²) >= 11 is 0. The Bertz CT molecular complexity index is 4500. The fourth-order valence-corrected chi connectivity index (χ4v) is 14.6. The zero-order chi connectivity index (χ0) is 82.4. The Kier molecular flexibility index (Phi) is 40.6. The number of carbonyl (C=O) groups excluding carboxylic acids is 6. The molecule has 0 aromatic heterocycles. The van der Waals surface area contributed by atoms with Gasteiger partial charge in [-0.1, -0.05) is 368 Å². The average Bonchev–Trinajstić information content (AvgIpc) is 0.720. The summed E-state index contributed by atoms with van der Waals surface area (Å²) in [4.78, 5) is 72.6. The van der Waals surface area contributed by atoms with Gasteiger partial charge in [0.1, 0.15) is 22.4 Å². The van der Waals surface area contributed by atoms with Crippen LogP contribution in [-0.2, 0) is 22.4 Å². The SMILES string of the molecule is C.CC.CC.CC.CC.CC.CC1(O)c2ccccc2C(C)(O)c2ccccc21.CC1(O)c2ccccc2C(C)(O)c2ccccc21.CN.Cc1c2ccccc2c(C)c2ccccc12.O=C1c2ccccc2C(=O)c2ccccc21.O=C1c2ccccc2C(=O)c2ccccc21.O=C1c2ccccc2C(=O)c2ccccc21.[CH3-].[CH3-].[Li+].[Li+]. The third-order valence-corrected chi connectivity index (χ3v) is 19.9. The van der Waals surface area contributed by atoms with Gasteiger partial charge in [0.2, 0.25) is 0 Å². The molecule has 5 aliphatic carbocycles. The Hall–Kier alpha value is -10.6. The molecule has 0 aliphatic heterocycles. The number of aliphatic hydroxyl groups is 4. The van der Waals surface area contributed by atoms with E-state index in [4.69, 9.17) is 0 Å². The smallest absolute Gasteiger partial charge is 0.381 e. The number of fused-ring (bicyclic) bond motifs is 12. The Morgan fingerprint density at radius 3 is 0.393 bits per heavy atom. The molecule has 0 saturated carbocycles. The first-order chi connectivity index (χ1) is 54.1. The van der Waals surface area contributed by atoms with Crippen LogP contribution in [0.2, 0.25) is 0 Å². The maximum Gasteiger partial charge on any atom is 1.00 e. The van der Waals surface area contributed by atoms with Crippen LogP contribution in [0.25, 0.3) is 21.5 Å². The predicted molar refractivity (Wildman–Crippen MR) is 477 cm³/mol. The molecule has 0 unspecified atom stereocenters. The minimum absolute atomic E-state index is 0. The molecule has 0 radical (unpaired) electrons. The van der Waals surface area contributed by atoms with Crippen molar-refractivity contribution in [3.05, 3.63) is 428 Å². The van der Waals surface area contributed by atoms with Crippen LogP contribution in [0.5, 0.6) is 0 Å². The second-order valence-corrected chi connectivity index (χ2v) is 26.1. The zero-order valence-electron chi connectivity index (χ0n) is 71.5. The van der Waals surface area contributed by atoms with Gasteiger partial charge in [-0.2, -0.15) is 0 Å². The number of ketones is 6. The van der Waals surface area contributed by atoms with Crippen molar-refractivity contribution in [2.45, 2.75) is 141 Å². The molecule has 13 heteroatoms. The summed E-state index contributed by atoms with van der Waals surface area (Å²) in [5.41, 5.74) is 15.3. The van der Waals surface area contributed by atoms with Crippen molar-refractivity contribution in [3.8, 4) is 0 Å². The second-order valence-electron chi connectivity index (χ2n) is 26.1. The van der Waals surface area contributed by atoms with Gasteiger partial charge in [0.05, 0.1) is 0 Å². The van der Waals surface area contributed by atoms with Crippen molar-refractivity contribution in [2.75, 3.05) is 7.05 Å². The van der Waals surface area contributed by atoms with Crippen LogP contribution >= 0.6 is 0 Å². The van der Waals surface area contributed by atoms with Gasteiger partial charge in [-0.25, -0.2) is 0 Å². The minimum atomic E-state index is -1.06. The van der Waals surface area contributed by atoms with Crippen molar-refractivity contribution in [3.63, 3.8) is 0 Å². The topological polar surface area (TPSA) is 209 Å². The van der Waals surface area contributed by atoms with Crippen molar-refractivity contribution < 1.29 is 86.9 Å². The molecule has 13 aromatic rings. The largest absolute Gasteiger partial charge is 1.00 e. The number of rotatable bonds is 0. The minimum Gasteiger partial charge on any atom is -0.381 e. The summed E-state index contributed by atoms with van der Waals surface area (Å²) < 4.78 is 0. The van der Waals surface area contributed by atoms with E-state index >= 15 is 0 Å². The predicted octanol–water partition coefficient (Wildman–Crippen LogP) is 17.3. The fraction of sp³-hybridized carbons (Fsp3) is 0.212. The van der Waals surface area contributed by atoms with Crippen LogP contribution in [0.4, 0.5) is 0 Å². The third kappa shape index (κ3) is 20.7. The van der Waals surface area contributed by atoms with E-state index in [1.165, 1.54) is 39.7 Å². The molecular weight excluding hydrogens is 1440 g/mol.